The number of carbonyl (C=O) groups excluding carboxylic acids is 2. The molecule has 0 saturated carbocycles. The first kappa shape index (κ1) is 16.5. The molecule has 1 aromatic rings. The zero-order valence-corrected chi connectivity index (χ0v) is 12.7. The van der Waals surface area contributed by atoms with E-state index in [0.717, 1.165) is 4.90 Å². The highest BCUT2D eigenvalue weighted by molar-refractivity contribution is 6.33. The number of carbonyl (C=O) groups is 2. The van der Waals surface area contributed by atoms with Gasteiger partial charge in [-0.1, -0.05) is 11.6 Å². The SMILES string of the molecule is C[C@@H]1CC(F)(F)CN1C(=O)CNC(=O)c1ccc(N)c(Cl)c1. The van der Waals surface area contributed by atoms with Crippen molar-refractivity contribution in [3.63, 3.8) is 0 Å². The lowest BCUT2D eigenvalue weighted by molar-refractivity contribution is -0.131. The van der Waals surface area contributed by atoms with E-state index in [2.05, 4.69) is 5.32 Å². The maximum atomic E-state index is 13.2. The van der Waals surface area contributed by atoms with Crippen molar-refractivity contribution < 1.29 is 18.4 Å². The fraction of sp³-hybridized carbons (Fsp3) is 0.429. The average molecular weight is 332 g/mol. The number of amides is 2. The molecule has 22 heavy (non-hydrogen) atoms. The van der Waals surface area contributed by atoms with Crippen LogP contribution in [0.1, 0.15) is 23.7 Å². The second kappa shape index (κ2) is 6.08. The summed E-state index contributed by atoms with van der Waals surface area (Å²) in [4.78, 5) is 24.9. The number of nitrogens with one attached hydrogen (secondary N) is 1. The molecule has 0 aromatic heterocycles. The molecule has 2 amide bonds. The molecule has 0 radical (unpaired) electrons. The summed E-state index contributed by atoms with van der Waals surface area (Å²) in [6.45, 7) is 0.595. The lowest BCUT2D eigenvalue weighted by atomic mass is 10.2. The van der Waals surface area contributed by atoms with Crippen LogP contribution in [0.4, 0.5) is 14.5 Å². The number of anilines is 1. The minimum absolute atomic E-state index is 0.229. The molecule has 1 fully saturated rings. The Hall–Kier alpha value is -1.89. The molecule has 5 nitrogen and oxygen atoms in total. The van der Waals surface area contributed by atoms with Crippen molar-refractivity contribution in [2.45, 2.75) is 25.3 Å². The van der Waals surface area contributed by atoms with Gasteiger partial charge in [-0.05, 0) is 25.1 Å². The van der Waals surface area contributed by atoms with E-state index in [-0.39, 0.29) is 23.6 Å². The van der Waals surface area contributed by atoms with E-state index in [0.29, 0.717) is 5.69 Å². The molecule has 1 aliphatic heterocycles. The molecule has 1 aliphatic rings. The van der Waals surface area contributed by atoms with Crippen LogP contribution in [-0.4, -0.2) is 41.8 Å². The van der Waals surface area contributed by atoms with Gasteiger partial charge in [0.15, 0.2) is 0 Å². The van der Waals surface area contributed by atoms with Crippen LogP contribution in [0.5, 0.6) is 0 Å². The summed E-state index contributed by atoms with van der Waals surface area (Å²) >= 11 is 5.81. The molecule has 0 unspecified atom stereocenters. The molecular weight excluding hydrogens is 316 g/mol. The van der Waals surface area contributed by atoms with Crippen LogP contribution in [0, 0.1) is 0 Å². The van der Waals surface area contributed by atoms with E-state index >= 15 is 0 Å². The van der Waals surface area contributed by atoms with Crippen molar-refractivity contribution in [1.82, 2.24) is 10.2 Å². The number of hydrogen-bond donors (Lipinski definition) is 2. The summed E-state index contributed by atoms with van der Waals surface area (Å²) in [6.07, 6.45) is -0.361. The molecule has 0 aliphatic carbocycles. The van der Waals surface area contributed by atoms with Gasteiger partial charge in [-0.3, -0.25) is 9.59 Å². The predicted octanol–water partition coefficient (Wildman–Crippen LogP) is 1.91. The Kier molecular flexibility index (Phi) is 4.55. The largest absolute Gasteiger partial charge is 0.398 e. The van der Waals surface area contributed by atoms with E-state index in [1.54, 1.807) is 6.92 Å². The number of likely N-dealkylation sites (tertiary alicyclic amines) is 1. The molecule has 1 saturated heterocycles. The second-order valence-corrected chi connectivity index (χ2v) is 5.76. The summed E-state index contributed by atoms with van der Waals surface area (Å²) in [6, 6.07) is 3.77. The van der Waals surface area contributed by atoms with Crippen molar-refractivity contribution >= 4 is 29.1 Å². The van der Waals surface area contributed by atoms with Gasteiger partial charge >= 0.3 is 0 Å². The van der Waals surface area contributed by atoms with Crippen LogP contribution < -0.4 is 11.1 Å². The molecular formula is C14H16ClF2N3O2. The normalized spacial score (nSPS) is 20.0. The highest BCUT2D eigenvalue weighted by Crippen LogP contribution is 2.31. The fourth-order valence-corrected chi connectivity index (χ4v) is 2.55. The lowest BCUT2D eigenvalue weighted by Crippen LogP contribution is -2.42. The zero-order valence-electron chi connectivity index (χ0n) is 11.9. The Morgan fingerprint density at radius 1 is 1.50 bits per heavy atom. The van der Waals surface area contributed by atoms with Crippen LogP contribution in [-0.2, 0) is 4.79 Å². The first-order valence-electron chi connectivity index (χ1n) is 6.70. The summed E-state index contributed by atoms with van der Waals surface area (Å²) < 4.78 is 26.5. The van der Waals surface area contributed by atoms with Crippen molar-refractivity contribution in [3.05, 3.63) is 28.8 Å². The van der Waals surface area contributed by atoms with Crippen LogP contribution >= 0.6 is 11.6 Å². The first-order valence-corrected chi connectivity index (χ1v) is 7.08. The second-order valence-electron chi connectivity index (χ2n) is 5.35. The standard InChI is InChI=1S/C14H16ClF2N3O2/c1-8-5-14(16,17)7-20(8)12(21)6-19-13(22)9-2-3-11(18)10(15)4-9/h2-4,8H,5-7,18H2,1H3,(H,19,22)/t8-/m1/s1. The highest BCUT2D eigenvalue weighted by atomic mass is 35.5. The Balaban J connectivity index is 1.93. The third-order valence-electron chi connectivity index (χ3n) is 3.51. The Labute approximate surface area is 131 Å². The van der Waals surface area contributed by atoms with Gasteiger partial charge < -0.3 is 16.0 Å². The number of halogens is 3. The van der Waals surface area contributed by atoms with Gasteiger partial charge in [-0.25, -0.2) is 8.78 Å². The lowest BCUT2D eigenvalue weighted by Gasteiger charge is -2.21. The minimum atomic E-state index is -2.87. The van der Waals surface area contributed by atoms with Gasteiger partial charge in [0.1, 0.15) is 0 Å². The van der Waals surface area contributed by atoms with E-state index in [1.165, 1.54) is 18.2 Å². The predicted molar refractivity (Wildman–Crippen MR) is 78.9 cm³/mol. The van der Waals surface area contributed by atoms with Crippen molar-refractivity contribution in [3.8, 4) is 0 Å². The summed E-state index contributed by atoms with van der Waals surface area (Å²) in [5.74, 6) is -3.93. The summed E-state index contributed by atoms with van der Waals surface area (Å²) in [5.41, 5.74) is 6.12. The minimum Gasteiger partial charge on any atom is -0.398 e. The van der Waals surface area contributed by atoms with Crippen molar-refractivity contribution in [1.29, 1.82) is 0 Å². The molecule has 1 atom stereocenters. The van der Waals surface area contributed by atoms with Crippen LogP contribution in [0.2, 0.25) is 5.02 Å². The van der Waals surface area contributed by atoms with Crippen molar-refractivity contribution in [2.24, 2.45) is 0 Å². The number of nitrogen functional groups attached to an aromatic ring is 1. The number of nitrogens with zero attached hydrogens (tertiary/aromatic N) is 1. The Morgan fingerprint density at radius 2 is 2.18 bits per heavy atom. The highest BCUT2D eigenvalue weighted by Gasteiger charge is 2.44. The van der Waals surface area contributed by atoms with Gasteiger partial charge in [0.05, 0.1) is 23.8 Å². The molecule has 120 valence electrons. The van der Waals surface area contributed by atoms with Gasteiger partial charge in [-0.2, -0.15) is 0 Å². The van der Waals surface area contributed by atoms with E-state index in [4.69, 9.17) is 17.3 Å². The van der Waals surface area contributed by atoms with Crippen molar-refractivity contribution in [2.75, 3.05) is 18.8 Å². The zero-order chi connectivity index (χ0) is 16.5. The average Bonchev–Trinajstić information content (AvgIpc) is 2.72. The Morgan fingerprint density at radius 3 is 2.73 bits per heavy atom. The van der Waals surface area contributed by atoms with E-state index in [1.807, 2.05) is 0 Å². The summed E-state index contributed by atoms with van der Waals surface area (Å²) in [5, 5.41) is 2.62. The third-order valence-corrected chi connectivity index (χ3v) is 3.84. The van der Waals surface area contributed by atoms with Gasteiger partial charge in [0.2, 0.25) is 5.91 Å². The smallest absolute Gasteiger partial charge is 0.267 e. The summed E-state index contributed by atoms with van der Waals surface area (Å²) in [7, 11) is 0. The molecule has 0 bridgehead atoms. The quantitative estimate of drug-likeness (QED) is 0.831. The van der Waals surface area contributed by atoms with Crippen LogP contribution in [0.3, 0.4) is 0 Å². The van der Waals surface area contributed by atoms with E-state index in [9.17, 15) is 18.4 Å². The Bertz CT molecular complexity index is 610. The number of alkyl halides is 2. The topological polar surface area (TPSA) is 75.4 Å². The third kappa shape index (κ3) is 3.65. The molecule has 1 heterocycles. The maximum Gasteiger partial charge on any atom is 0.267 e. The number of rotatable bonds is 3. The number of benzene rings is 1. The van der Waals surface area contributed by atoms with Gasteiger partial charge in [0, 0.05) is 18.0 Å². The first-order chi connectivity index (χ1) is 10.2. The maximum absolute atomic E-state index is 13.2. The molecule has 0 spiro atoms. The molecule has 3 N–H and O–H groups in total. The van der Waals surface area contributed by atoms with Crippen LogP contribution in [0.25, 0.3) is 0 Å². The molecule has 1 aromatic carbocycles. The van der Waals surface area contributed by atoms with Gasteiger partial charge in [-0.15, -0.1) is 0 Å². The molecule has 2 rings (SSSR count). The van der Waals surface area contributed by atoms with Gasteiger partial charge in [0.25, 0.3) is 11.8 Å². The number of nitrogens with two attached hydrogens (primary N) is 1. The molecule has 8 heteroatoms. The van der Waals surface area contributed by atoms with Crippen LogP contribution in [0.15, 0.2) is 18.2 Å². The fourth-order valence-electron chi connectivity index (χ4n) is 2.37. The van der Waals surface area contributed by atoms with E-state index < -0.39 is 30.3 Å². The monoisotopic (exact) mass is 331 g/mol. The number of hydrogen-bond acceptors (Lipinski definition) is 3.